The lowest BCUT2D eigenvalue weighted by atomic mass is 10.2. The van der Waals surface area contributed by atoms with Crippen molar-refractivity contribution < 1.29 is 14.3 Å². The molecule has 2 saturated heterocycles. The molecule has 2 aliphatic rings. The fraction of sp³-hybridized carbons (Fsp3) is 0.611. The van der Waals surface area contributed by atoms with Crippen molar-refractivity contribution >= 4 is 5.91 Å². The molecule has 0 bridgehead atoms. The highest BCUT2D eigenvalue weighted by Gasteiger charge is 2.19. The molecule has 3 rings (SSSR count). The van der Waals surface area contributed by atoms with Crippen LogP contribution in [0.4, 0.5) is 0 Å². The first-order chi connectivity index (χ1) is 11.2. The minimum Gasteiger partial charge on any atom is -0.491 e. The molecule has 1 atom stereocenters. The van der Waals surface area contributed by atoms with Gasteiger partial charge in [0.1, 0.15) is 12.4 Å². The number of hydrogen-bond donors (Lipinski definition) is 0. The van der Waals surface area contributed by atoms with Gasteiger partial charge in [-0.15, -0.1) is 0 Å². The summed E-state index contributed by atoms with van der Waals surface area (Å²) in [4.78, 5) is 16.8. The number of nitrogens with zero attached hydrogens (tertiary/aromatic N) is 2. The van der Waals surface area contributed by atoms with Crippen LogP contribution in [-0.4, -0.2) is 68.3 Å². The number of carbonyl (C=O) groups is 1. The summed E-state index contributed by atoms with van der Waals surface area (Å²) in [6, 6.07) is 7.49. The van der Waals surface area contributed by atoms with Crippen LogP contribution in [0.3, 0.4) is 0 Å². The summed E-state index contributed by atoms with van der Waals surface area (Å²) in [5, 5.41) is 0. The van der Waals surface area contributed by atoms with Crippen LogP contribution in [0.2, 0.25) is 0 Å². The zero-order valence-electron chi connectivity index (χ0n) is 13.9. The standard InChI is InChI=1S/C18H26N2O3/c1-19-9-3-10-20(12-11-19)18(21)15-5-7-16(8-6-15)23-14-17-4-2-13-22-17/h5-8,17H,2-4,9-14H2,1H3/t17-/m1/s1. The van der Waals surface area contributed by atoms with Gasteiger partial charge in [0.05, 0.1) is 6.10 Å². The van der Waals surface area contributed by atoms with Crippen LogP contribution in [0.15, 0.2) is 24.3 Å². The molecule has 5 heteroatoms. The predicted octanol–water partition coefficient (Wildman–Crippen LogP) is 2.02. The van der Waals surface area contributed by atoms with Crippen LogP contribution in [0.1, 0.15) is 29.6 Å². The smallest absolute Gasteiger partial charge is 0.253 e. The Morgan fingerprint density at radius 2 is 2.00 bits per heavy atom. The third-order valence-corrected chi connectivity index (χ3v) is 4.57. The van der Waals surface area contributed by atoms with Crippen molar-refractivity contribution in [2.24, 2.45) is 0 Å². The van der Waals surface area contributed by atoms with E-state index in [4.69, 9.17) is 9.47 Å². The average Bonchev–Trinajstić information content (AvgIpc) is 3.00. The van der Waals surface area contributed by atoms with E-state index in [2.05, 4.69) is 11.9 Å². The van der Waals surface area contributed by atoms with Crippen LogP contribution >= 0.6 is 0 Å². The first-order valence-corrected chi connectivity index (χ1v) is 8.54. The van der Waals surface area contributed by atoms with Crippen molar-refractivity contribution in [3.05, 3.63) is 29.8 Å². The molecule has 0 aliphatic carbocycles. The van der Waals surface area contributed by atoms with Crippen molar-refractivity contribution in [3.63, 3.8) is 0 Å². The summed E-state index contributed by atoms with van der Waals surface area (Å²) in [6.45, 7) is 5.05. The molecule has 0 unspecified atom stereocenters. The van der Waals surface area contributed by atoms with E-state index in [1.54, 1.807) is 0 Å². The number of carbonyl (C=O) groups excluding carboxylic acids is 1. The van der Waals surface area contributed by atoms with Crippen LogP contribution < -0.4 is 4.74 Å². The Morgan fingerprint density at radius 1 is 1.17 bits per heavy atom. The Hall–Kier alpha value is -1.59. The van der Waals surface area contributed by atoms with Crippen molar-refractivity contribution in [1.29, 1.82) is 0 Å². The van der Waals surface area contributed by atoms with Gasteiger partial charge in [-0.25, -0.2) is 0 Å². The molecule has 1 aromatic carbocycles. The Labute approximate surface area is 138 Å². The van der Waals surface area contributed by atoms with E-state index in [1.807, 2.05) is 29.2 Å². The monoisotopic (exact) mass is 318 g/mol. The SMILES string of the molecule is CN1CCCN(C(=O)c2ccc(OC[C@H]3CCCO3)cc2)CC1. The summed E-state index contributed by atoms with van der Waals surface area (Å²) in [5.41, 5.74) is 0.735. The Morgan fingerprint density at radius 3 is 2.74 bits per heavy atom. The Balaban J connectivity index is 1.54. The summed E-state index contributed by atoms with van der Waals surface area (Å²) >= 11 is 0. The van der Waals surface area contributed by atoms with Gasteiger partial charge < -0.3 is 19.3 Å². The molecule has 0 saturated carbocycles. The molecule has 23 heavy (non-hydrogen) atoms. The number of ether oxygens (including phenoxy) is 2. The fourth-order valence-electron chi connectivity index (χ4n) is 3.09. The average molecular weight is 318 g/mol. The lowest BCUT2D eigenvalue weighted by Gasteiger charge is -2.20. The van der Waals surface area contributed by atoms with Crippen molar-refractivity contribution in [1.82, 2.24) is 9.80 Å². The maximum Gasteiger partial charge on any atom is 0.253 e. The quantitative estimate of drug-likeness (QED) is 0.852. The molecule has 2 heterocycles. The maximum atomic E-state index is 12.6. The highest BCUT2D eigenvalue weighted by molar-refractivity contribution is 5.94. The molecule has 126 valence electrons. The molecule has 2 aliphatic heterocycles. The molecular formula is C18H26N2O3. The molecule has 0 N–H and O–H groups in total. The van der Waals surface area contributed by atoms with Gasteiger partial charge >= 0.3 is 0 Å². The van der Waals surface area contributed by atoms with Gasteiger partial charge in [0.25, 0.3) is 5.91 Å². The molecular weight excluding hydrogens is 292 g/mol. The predicted molar refractivity (Wildman–Crippen MR) is 88.9 cm³/mol. The van der Waals surface area contributed by atoms with Gasteiger partial charge in [-0.1, -0.05) is 0 Å². The molecule has 1 amide bonds. The third-order valence-electron chi connectivity index (χ3n) is 4.57. The zero-order chi connectivity index (χ0) is 16.1. The molecule has 0 spiro atoms. The summed E-state index contributed by atoms with van der Waals surface area (Å²) in [5.74, 6) is 0.915. The molecule has 0 radical (unpaired) electrons. The second-order valence-corrected chi connectivity index (χ2v) is 6.42. The Bertz CT molecular complexity index is 512. The maximum absolute atomic E-state index is 12.6. The Kier molecular flexibility index (Phi) is 5.51. The fourth-order valence-corrected chi connectivity index (χ4v) is 3.09. The van der Waals surface area contributed by atoms with Gasteiger partial charge in [0.2, 0.25) is 0 Å². The minimum atomic E-state index is 0.117. The highest BCUT2D eigenvalue weighted by atomic mass is 16.5. The number of rotatable bonds is 4. The number of likely N-dealkylation sites (N-methyl/N-ethyl adjacent to an activating group) is 1. The van der Waals surface area contributed by atoms with Gasteiger partial charge in [0, 0.05) is 31.8 Å². The van der Waals surface area contributed by atoms with E-state index in [9.17, 15) is 4.79 Å². The number of hydrogen-bond acceptors (Lipinski definition) is 4. The van der Waals surface area contributed by atoms with E-state index in [0.717, 1.165) is 63.4 Å². The third kappa shape index (κ3) is 4.45. The first-order valence-electron chi connectivity index (χ1n) is 8.54. The van der Waals surface area contributed by atoms with E-state index in [0.29, 0.717) is 6.61 Å². The van der Waals surface area contributed by atoms with Crippen LogP contribution in [0.5, 0.6) is 5.75 Å². The van der Waals surface area contributed by atoms with Gasteiger partial charge in [0.15, 0.2) is 0 Å². The van der Waals surface area contributed by atoms with Gasteiger partial charge in [-0.2, -0.15) is 0 Å². The van der Waals surface area contributed by atoms with Crippen molar-refractivity contribution in [2.45, 2.75) is 25.4 Å². The van der Waals surface area contributed by atoms with Gasteiger partial charge in [-0.05, 0) is 57.1 Å². The van der Waals surface area contributed by atoms with E-state index >= 15 is 0 Å². The summed E-state index contributed by atoms with van der Waals surface area (Å²) in [6.07, 6.45) is 3.43. The van der Waals surface area contributed by atoms with Crippen LogP contribution in [0, 0.1) is 0 Å². The molecule has 0 aromatic heterocycles. The second kappa shape index (κ2) is 7.79. The van der Waals surface area contributed by atoms with Crippen molar-refractivity contribution in [2.75, 3.05) is 46.4 Å². The molecule has 5 nitrogen and oxygen atoms in total. The highest BCUT2D eigenvalue weighted by Crippen LogP contribution is 2.17. The van der Waals surface area contributed by atoms with Crippen LogP contribution in [-0.2, 0) is 4.74 Å². The topological polar surface area (TPSA) is 42.0 Å². The zero-order valence-corrected chi connectivity index (χ0v) is 13.9. The largest absolute Gasteiger partial charge is 0.491 e. The second-order valence-electron chi connectivity index (χ2n) is 6.42. The lowest BCUT2D eigenvalue weighted by Crippen LogP contribution is -2.34. The number of amides is 1. The van der Waals surface area contributed by atoms with E-state index < -0.39 is 0 Å². The van der Waals surface area contributed by atoms with E-state index in [1.165, 1.54) is 0 Å². The van der Waals surface area contributed by atoms with Crippen molar-refractivity contribution in [3.8, 4) is 5.75 Å². The van der Waals surface area contributed by atoms with Crippen LogP contribution in [0.25, 0.3) is 0 Å². The number of benzene rings is 1. The van der Waals surface area contributed by atoms with Gasteiger partial charge in [-0.3, -0.25) is 4.79 Å². The summed E-state index contributed by atoms with van der Waals surface area (Å²) in [7, 11) is 2.11. The lowest BCUT2D eigenvalue weighted by molar-refractivity contribution is 0.0678. The van der Waals surface area contributed by atoms with E-state index in [-0.39, 0.29) is 12.0 Å². The molecule has 2 fully saturated rings. The molecule has 1 aromatic rings. The first kappa shape index (κ1) is 16.3. The summed E-state index contributed by atoms with van der Waals surface area (Å²) < 4.78 is 11.3. The normalized spacial score (nSPS) is 22.8. The minimum absolute atomic E-state index is 0.117.